The summed E-state index contributed by atoms with van der Waals surface area (Å²) in [5.74, 6) is 0.0812. The smallest absolute Gasteiger partial charge is 0.269 e. The summed E-state index contributed by atoms with van der Waals surface area (Å²) in [7, 11) is 0. The fraction of sp³-hybridized carbons (Fsp3) is 0.250. The molecule has 5 heteroatoms. The molecular formula is C8H8ClNO3. The number of alkyl halides is 1. The molecule has 0 amide bonds. The van der Waals surface area contributed by atoms with Crippen LogP contribution in [0, 0.1) is 10.1 Å². The molecule has 0 aliphatic heterocycles. The number of aliphatic hydroxyl groups excluding tert-OH is 1. The normalized spacial score (nSPS) is 12.5. The zero-order valence-corrected chi connectivity index (χ0v) is 7.44. The molecule has 0 unspecified atom stereocenters. The average molecular weight is 202 g/mol. The topological polar surface area (TPSA) is 63.4 Å². The molecule has 70 valence electrons. The van der Waals surface area contributed by atoms with Crippen molar-refractivity contribution >= 4 is 17.3 Å². The molecule has 1 N–H and O–H groups in total. The Kier molecular flexibility index (Phi) is 3.22. The van der Waals surface area contributed by atoms with E-state index in [1.165, 1.54) is 24.3 Å². The van der Waals surface area contributed by atoms with E-state index in [9.17, 15) is 15.2 Å². The number of rotatable bonds is 3. The molecule has 0 spiro atoms. The van der Waals surface area contributed by atoms with Crippen LogP contribution in [0.1, 0.15) is 11.7 Å². The summed E-state index contributed by atoms with van der Waals surface area (Å²) in [5.41, 5.74) is 0.589. The van der Waals surface area contributed by atoms with Crippen LogP contribution in [-0.2, 0) is 0 Å². The molecule has 1 atom stereocenters. The van der Waals surface area contributed by atoms with E-state index in [4.69, 9.17) is 11.6 Å². The van der Waals surface area contributed by atoms with Gasteiger partial charge in [-0.2, -0.15) is 0 Å². The monoisotopic (exact) mass is 201 g/mol. The lowest BCUT2D eigenvalue weighted by atomic mass is 10.1. The van der Waals surface area contributed by atoms with Gasteiger partial charge in [-0.25, -0.2) is 0 Å². The van der Waals surface area contributed by atoms with Crippen molar-refractivity contribution < 1.29 is 10.0 Å². The highest BCUT2D eigenvalue weighted by Crippen LogP contribution is 2.18. The van der Waals surface area contributed by atoms with E-state index in [1.54, 1.807) is 0 Å². The van der Waals surface area contributed by atoms with Gasteiger partial charge in [-0.05, 0) is 17.7 Å². The first-order valence-corrected chi connectivity index (χ1v) is 4.17. The number of nitro benzene ring substituents is 1. The molecule has 0 heterocycles. The van der Waals surface area contributed by atoms with Gasteiger partial charge < -0.3 is 5.11 Å². The predicted molar refractivity (Wildman–Crippen MR) is 48.8 cm³/mol. The maximum absolute atomic E-state index is 10.3. The zero-order chi connectivity index (χ0) is 9.84. The van der Waals surface area contributed by atoms with E-state index in [0.29, 0.717) is 5.56 Å². The van der Waals surface area contributed by atoms with Crippen molar-refractivity contribution in [3.63, 3.8) is 0 Å². The first kappa shape index (κ1) is 9.95. The van der Waals surface area contributed by atoms with Crippen molar-refractivity contribution in [1.82, 2.24) is 0 Å². The van der Waals surface area contributed by atoms with Gasteiger partial charge in [0.2, 0.25) is 0 Å². The second kappa shape index (κ2) is 4.20. The van der Waals surface area contributed by atoms with Gasteiger partial charge in [0, 0.05) is 12.1 Å². The number of benzene rings is 1. The predicted octanol–water partition coefficient (Wildman–Crippen LogP) is 1.87. The standard InChI is InChI=1S/C8H8ClNO3/c9-5-8(11)6-1-3-7(4-2-6)10(12)13/h1-4,8,11H,5H2/t8-/m1/s1. The number of halogens is 1. The van der Waals surface area contributed by atoms with E-state index in [0.717, 1.165) is 0 Å². The van der Waals surface area contributed by atoms with Crippen molar-refractivity contribution in [3.8, 4) is 0 Å². The van der Waals surface area contributed by atoms with Gasteiger partial charge in [0.1, 0.15) is 0 Å². The largest absolute Gasteiger partial charge is 0.387 e. The van der Waals surface area contributed by atoms with Gasteiger partial charge in [0.25, 0.3) is 5.69 Å². The molecule has 4 nitrogen and oxygen atoms in total. The number of nitro groups is 1. The second-order valence-corrected chi connectivity index (χ2v) is 2.83. The number of aliphatic hydroxyl groups is 1. The van der Waals surface area contributed by atoms with Crippen LogP contribution in [0.5, 0.6) is 0 Å². The van der Waals surface area contributed by atoms with Crippen LogP contribution in [0.4, 0.5) is 5.69 Å². The second-order valence-electron chi connectivity index (χ2n) is 2.52. The van der Waals surface area contributed by atoms with E-state index in [2.05, 4.69) is 0 Å². The highest BCUT2D eigenvalue weighted by molar-refractivity contribution is 6.18. The summed E-state index contributed by atoms with van der Waals surface area (Å²) in [6, 6.07) is 5.66. The molecule has 1 rings (SSSR count). The van der Waals surface area contributed by atoms with Crippen LogP contribution in [0.15, 0.2) is 24.3 Å². The maximum Gasteiger partial charge on any atom is 0.269 e. The van der Waals surface area contributed by atoms with Crippen LogP contribution < -0.4 is 0 Å². The fourth-order valence-corrected chi connectivity index (χ4v) is 1.09. The molecular weight excluding hydrogens is 194 g/mol. The Morgan fingerprint density at radius 3 is 2.38 bits per heavy atom. The lowest BCUT2D eigenvalue weighted by Gasteiger charge is -2.05. The molecule has 0 bridgehead atoms. The quantitative estimate of drug-likeness (QED) is 0.461. The molecule has 0 aromatic heterocycles. The molecule has 0 radical (unpaired) electrons. The lowest BCUT2D eigenvalue weighted by molar-refractivity contribution is -0.384. The molecule has 0 aliphatic carbocycles. The molecule has 13 heavy (non-hydrogen) atoms. The van der Waals surface area contributed by atoms with Crippen molar-refractivity contribution in [1.29, 1.82) is 0 Å². The Labute approximate surface area is 79.9 Å². The third-order valence-electron chi connectivity index (χ3n) is 1.63. The van der Waals surface area contributed by atoms with Crippen LogP contribution >= 0.6 is 11.6 Å². The Hall–Kier alpha value is -1.13. The maximum atomic E-state index is 10.3. The molecule has 0 aliphatic rings. The Balaban J connectivity index is 2.87. The van der Waals surface area contributed by atoms with Crippen LogP contribution in [-0.4, -0.2) is 15.9 Å². The Morgan fingerprint density at radius 2 is 2.00 bits per heavy atom. The number of non-ortho nitro benzene ring substituents is 1. The van der Waals surface area contributed by atoms with E-state index in [1.807, 2.05) is 0 Å². The minimum Gasteiger partial charge on any atom is -0.387 e. The average Bonchev–Trinajstić information content (AvgIpc) is 2.17. The van der Waals surface area contributed by atoms with Crippen LogP contribution in [0.25, 0.3) is 0 Å². The SMILES string of the molecule is O=[N+]([O-])c1ccc([C@H](O)CCl)cc1. The minimum atomic E-state index is -0.762. The van der Waals surface area contributed by atoms with Crippen molar-refractivity contribution in [3.05, 3.63) is 39.9 Å². The van der Waals surface area contributed by atoms with Crippen molar-refractivity contribution in [2.24, 2.45) is 0 Å². The van der Waals surface area contributed by atoms with Gasteiger partial charge in [-0.15, -0.1) is 11.6 Å². The summed E-state index contributed by atoms with van der Waals surface area (Å²) in [6.45, 7) is 0. The Bertz CT molecular complexity index is 299. The van der Waals surface area contributed by atoms with Gasteiger partial charge in [0.05, 0.1) is 16.9 Å². The van der Waals surface area contributed by atoms with E-state index < -0.39 is 11.0 Å². The van der Waals surface area contributed by atoms with E-state index in [-0.39, 0.29) is 11.6 Å². The summed E-state index contributed by atoms with van der Waals surface area (Å²) < 4.78 is 0. The van der Waals surface area contributed by atoms with Gasteiger partial charge in [0.15, 0.2) is 0 Å². The summed E-state index contributed by atoms with van der Waals surface area (Å²) in [4.78, 5) is 9.78. The molecule has 0 fully saturated rings. The number of hydrogen-bond donors (Lipinski definition) is 1. The molecule has 0 saturated carbocycles. The number of hydrogen-bond acceptors (Lipinski definition) is 3. The van der Waals surface area contributed by atoms with Crippen molar-refractivity contribution in [2.45, 2.75) is 6.10 Å². The third kappa shape index (κ3) is 2.40. The summed E-state index contributed by atoms with van der Waals surface area (Å²) in [5, 5.41) is 19.5. The third-order valence-corrected chi connectivity index (χ3v) is 1.93. The van der Waals surface area contributed by atoms with Crippen LogP contribution in [0.3, 0.4) is 0 Å². The van der Waals surface area contributed by atoms with E-state index >= 15 is 0 Å². The fourth-order valence-electron chi connectivity index (χ4n) is 0.907. The highest BCUT2D eigenvalue weighted by Gasteiger charge is 2.08. The first-order valence-electron chi connectivity index (χ1n) is 3.63. The lowest BCUT2D eigenvalue weighted by Crippen LogP contribution is -1.98. The van der Waals surface area contributed by atoms with Gasteiger partial charge in [-0.1, -0.05) is 0 Å². The van der Waals surface area contributed by atoms with Gasteiger partial charge >= 0.3 is 0 Å². The number of nitrogens with zero attached hydrogens (tertiary/aromatic N) is 1. The van der Waals surface area contributed by atoms with Crippen molar-refractivity contribution in [2.75, 3.05) is 5.88 Å². The molecule has 1 aromatic carbocycles. The zero-order valence-electron chi connectivity index (χ0n) is 6.68. The highest BCUT2D eigenvalue weighted by atomic mass is 35.5. The molecule has 0 saturated heterocycles. The van der Waals surface area contributed by atoms with Crippen LogP contribution in [0.2, 0.25) is 0 Å². The van der Waals surface area contributed by atoms with Gasteiger partial charge in [-0.3, -0.25) is 10.1 Å². The summed E-state index contributed by atoms with van der Waals surface area (Å²) in [6.07, 6.45) is -0.762. The molecule has 1 aromatic rings. The minimum absolute atomic E-state index is 0.00511. The first-order chi connectivity index (χ1) is 6.15. The Morgan fingerprint density at radius 1 is 1.46 bits per heavy atom. The summed E-state index contributed by atoms with van der Waals surface area (Å²) >= 11 is 5.40.